The maximum absolute atomic E-state index is 11.9. The number of hydrogen-bond acceptors (Lipinski definition) is 4. The molecule has 0 saturated heterocycles. The number of rotatable bonds is 7. The molecule has 1 amide bonds. The van der Waals surface area contributed by atoms with Crippen LogP contribution in [0, 0.1) is 0 Å². The lowest BCUT2D eigenvalue weighted by Crippen LogP contribution is -2.35. The number of anilines is 1. The van der Waals surface area contributed by atoms with Crippen molar-refractivity contribution in [3.05, 3.63) is 28.8 Å². The van der Waals surface area contributed by atoms with Crippen LogP contribution in [-0.4, -0.2) is 47.3 Å². The minimum atomic E-state index is -0.111. The highest BCUT2D eigenvalue weighted by atomic mass is 35.5. The van der Waals surface area contributed by atoms with Crippen LogP contribution in [0.25, 0.3) is 0 Å². The first-order valence-electron chi connectivity index (χ1n) is 6.12. The lowest BCUT2D eigenvalue weighted by molar-refractivity contribution is -0.132. The Balaban J connectivity index is 2.54. The number of nitrogen functional groups attached to an aromatic ring is 1. The smallest absolute Gasteiger partial charge is 0.223 e. The molecule has 19 heavy (non-hydrogen) atoms. The highest BCUT2D eigenvalue weighted by Crippen LogP contribution is 2.20. The molecule has 0 spiro atoms. The van der Waals surface area contributed by atoms with Crippen LogP contribution >= 0.6 is 11.6 Å². The molecule has 0 radical (unpaired) electrons. The third-order valence-corrected chi connectivity index (χ3v) is 3.12. The number of amides is 1. The molecular formula is C13H19ClN2O3. The molecule has 0 bridgehead atoms. The summed E-state index contributed by atoms with van der Waals surface area (Å²) in [6, 6.07) is 5.28. The van der Waals surface area contributed by atoms with Crippen molar-refractivity contribution in [2.45, 2.75) is 12.8 Å². The van der Waals surface area contributed by atoms with E-state index in [0.717, 1.165) is 5.56 Å². The summed E-state index contributed by atoms with van der Waals surface area (Å²) in [5.41, 5.74) is 7.12. The van der Waals surface area contributed by atoms with Gasteiger partial charge in [0.15, 0.2) is 0 Å². The van der Waals surface area contributed by atoms with E-state index in [9.17, 15) is 4.79 Å². The number of benzene rings is 1. The first-order valence-corrected chi connectivity index (χ1v) is 6.49. The summed E-state index contributed by atoms with van der Waals surface area (Å²) in [4.78, 5) is 13.3. The van der Waals surface area contributed by atoms with Gasteiger partial charge in [0.25, 0.3) is 0 Å². The maximum atomic E-state index is 11.9. The average Bonchev–Trinajstić information content (AvgIpc) is 2.39. The molecule has 0 aromatic heterocycles. The topological polar surface area (TPSA) is 86.8 Å². The monoisotopic (exact) mass is 286 g/mol. The van der Waals surface area contributed by atoms with E-state index < -0.39 is 0 Å². The van der Waals surface area contributed by atoms with Crippen LogP contribution in [0.3, 0.4) is 0 Å². The molecule has 1 aromatic carbocycles. The number of aliphatic hydroxyl groups is 2. The zero-order chi connectivity index (χ0) is 14.3. The number of nitrogens with two attached hydrogens (primary N) is 1. The van der Waals surface area contributed by atoms with Crippen LogP contribution in [0.1, 0.15) is 12.0 Å². The van der Waals surface area contributed by atoms with Gasteiger partial charge >= 0.3 is 0 Å². The third-order valence-electron chi connectivity index (χ3n) is 2.78. The van der Waals surface area contributed by atoms with Gasteiger partial charge in [-0.3, -0.25) is 4.79 Å². The quantitative estimate of drug-likeness (QED) is 0.643. The van der Waals surface area contributed by atoms with Crippen LogP contribution in [0.15, 0.2) is 18.2 Å². The van der Waals surface area contributed by atoms with E-state index in [0.29, 0.717) is 23.6 Å². The van der Waals surface area contributed by atoms with Crippen molar-refractivity contribution in [1.82, 2.24) is 4.90 Å². The number of aliphatic hydroxyl groups excluding tert-OH is 2. The Morgan fingerprint density at radius 1 is 1.26 bits per heavy atom. The molecule has 1 aromatic rings. The fraction of sp³-hybridized carbons (Fsp3) is 0.462. The molecule has 0 heterocycles. The highest BCUT2D eigenvalue weighted by molar-refractivity contribution is 6.33. The normalized spacial score (nSPS) is 10.5. The lowest BCUT2D eigenvalue weighted by Gasteiger charge is -2.20. The van der Waals surface area contributed by atoms with E-state index in [1.54, 1.807) is 12.1 Å². The Morgan fingerprint density at radius 2 is 1.89 bits per heavy atom. The number of nitrogens with zero attached hydrogens (tertiary/aromatic N) is 1. The van der Waals surface area contributed by atoms with Crippen molar-refractivity contribution < 1.29 is 15.0 Å². The van der Waals surface area contributed by atoms with Gasteiger partial charge in [0.1, 0.15) is 0 Å². The fourth-order valence-electron chi connectivity index (χ4n) is 1.76. The zero-order valence-electron chi connectivity index (χ0n) is 10.7. The van der Waals surface area contributed by atoms with Crippen molar-refractivity contribution >= 4 is 23.2 Å². The number of carbonyl (C=O) groups excluding carboxylic acids is 1. The Bertz CT molecular complexity index is 420. The van der Waals surface area contributed by atoms with Gasteiger partial charge in [-0.1, -0.05) is 17.7 Å². The number of halogens is 1. The molecule has 0 fully saturated rings. The number of carbonyl (C=O) groups is 1. The second kappa shape index (κ2) is 7.99. The molecular weight excluding hydrogens is 268 g/mol. The highest BCUT2D eigenvalue weighted by Gasteiger charge is 2.12. The first kappa shape index (κ1) is 15.8. The van der Waals surface area contributed by atoms with E-state index in [1.165, 1.54) is 4.90 Å². The van der Waals surface area contributed by atoms with Gasteiger partial charge < -0.3 is 20.8 Å². The van der Waals surface area contributed by atoms with Crippen LogP contribution in [0.5, 0.6) is 0 Å². The molecule has 6 heteroatoms. The molecule has 1 rings (SSSR count). The molecule has 0 saturated carbocycles. The summed E-state index contributed by atoms with van der Waals surface area (Å²) in [6.07, 6.45) is 0.856. The summed E-state index contributed by atoms with van der Waals surface area (Å²) in [6.45, 7) is 0.254. The van der Waals surface area contributed by atoms with Gasteiger partial charge in [-0.15, -0.1) is 0 Å². The molecule has 0 aliphatic rings. The zero-order valence-corrected chi connectivity index (χ0v) is 11.4. The summed E-state index contributed by atoms with van der Waals surface area (Å²) < 4.78 is 0. The molecule has 0 atom stereocenters. The molecule has 0 unspecified atom stereocenters. The van der Waals surface area contributed by atoms with E-state index in [4.69, 9.17) is 27.5 Å². The molecule has 0 aliphatic carbocycles. The summed E-state index contributed by atoms with van der Waals surface area (Å²) >= 11 is 5.82. The Morgan fingerprint density at radius 3 is 2.42 bits per heavy atom. The van der Waals surface area contributed by atoms with Crippen molar-refractivity contribution in [3.8, 4) is 0 Å². The summed E-state index contributed by atoms with van der Waals surface area (Å²) in [7, 11) is 0. The minimum Gasteiger partial charge on any atom is -0.398 e. The van der Waals surface area contributed by atoms with Crippen molar-refractivity contribution in [3.63, 3.8) is 0 Å². The average molecular weight is 287 g/mol. The standard InChI is InChI=1S/C13H19ClN2O3/c14-11-3-1-10(9-12(11)15)2-4-13(19)16(5-7-17)6-8-18/h1,3,9,17-18H,2,4-8,15H2. The van der Waals surface area contributed by atoms with E-state index >= 15 is 0 Å². The molecule has 0 aliphatic heterocycles. The minimum absolute atomic E-state index is 0.100. The Kier molecular flexibility index (Phi) is 6.62. The van der Waals surface area contributed by atoms with Gasteiger partial charge in [0.2, 0.25) is 5.91 Å². The first-order chi connectivity index (χ1) is 9.08. The fourth-order valence-corrected chi connectivity index (χ4v) is 1.88. The number of aryl methyl sites for hydroxylation is 1. The third kappa shape index (κ3) is 5.06. The maximum Gasteiger partial charge on any atom is 0.223 e. The van der Waals surface area contributed by atoms with Crippen LogP contribution in [0.2, 0.25) is 5.02 Å². The molecule has 106 valence electrons. The second-order valence-corrected chi connectivity index (χ2v) is 4.59. The van der Waals surface area contributed by atoms with Gasteiger partial charge in [-0.2, -0.15) is 0 Å². The second-order valence-electron chi connectivity index (χ2n) is 4.18. The Hall–Kier alpha value is -1.30. The number of hydrogen-bond donors (Lipinski definition) is 3. The van der Waals surface area contributed by atoms with Gasteiger partial charge in [0, 0.05) is 19.5 Å². The lowest BCUT2D eigenvalue weighted by atomic mass is 10.1. The summed E-state index contributed by atoms with van der Waals surface area (Å²) in [5, 5.41) is 18.2. The van der Waals surface area contributed by atoms with Gasteiger partial charge in [0.05, 0.1) is 23.9 Å². The molecule has 4 N–H and O–H groups in total. The van der Waals surface area contributed by atoms with Gasteiger partial charge in [-0.25, -0.2) is 0 Å². The van der Waals surface area contributed by atoms with E-state index in [-0.39, 0.29) is 32.2 Å². The predicted molar refractivity (Wildman–Crippen MR) is 74.9 cm³/mol. The SMILES string of the molecule is Nc1cc(CCC(=O)N(CCO)CCO)ccc1Cl. The van der Waals surface area contributed by atoms with Crippen molar-refractivity contribution in [1.29, 1.82) is 0 Å². The van der Waals surface area contributed by atoms with Crippen LogP contribution in [-0.2, 0) is 11.2 Å². The van der Waals surface area contributed by atoms with Crippen LogP contribution in [0.4, 0.5) is 5.69 Å². The van der Waals surface area contributed by atoms with Crippen molar-refractivity contribution in [2.75, 3.05) is 32.0 Å². The van der Waals surface area contributed by atoms with Gasteiger partial charge in [-0.05, 0) is 24.1 Å². The van der Waals surface area contributed by atoms with Crippen molar-refractivity contribution in [2.24, 2.45) is 0 Å². The molecule has 5 nitrogen and oxygen atoms in total. The van der Waals surface area contributed by atoms with Crippen LogP contribution < -0.4 is 5.73 Å². The van der Waals surface area contributed by atoms with E-state index in [2.05, 4.69) is 0 Å². The Labute approximate surface area is 117 Å². The van der Waals surface area contributed by atoms with E-state index in [1.807, 2.05) is 6.07 Å². The predicted octanol–water partition coefficient (Wildman–Crippen LogP) is 0.668. The summed E-state index contributed by atoms with van der Waals surface area (Å²) in [5.74, 6) is -0.100. The largest absolute Gasteiger partial charge is 0.398 e.